The Morgan fingerprint density at radius 3 is 2.25 bits per heavy atom. The van der Waals surface area contributed by atoms with Crippen molar-refractivity contribution in [1.29, 1.82) is 0 Å². The average molecular weight is 380 g/mol. The number of benzene rings is 1. The molecule has 1 aromatic heterocycles. The maximum absolute atomic E-state index is 6.16. The summed E-state index contributed by atoms with van der Waals surface area (Å²) < 4.78 is 2.86. The van der Waals surface area contributed by atoms with Crippen LogP contribution in [0.3, 0.4) is 0 Å². The Labute approximate surface area is 156 Å². The van der Waals surface area contributed by atoms with E-state index in [0.29, 0.717) is 14.8 Å². The molecule has 4 aliphatic carbocycles. The zero-order chi connectivity index (χ0) is 16.5. The molecule has 4 saturated carbocycles. The van der Waals surface area contributed by atoms with E-state index in [1.54, 1.807) is 6.07 Å². The molecule has 0 amide bonds. The van der Waals surface area contributed by atoms with E-state index in [0.717, 1.165) is 29.1 Å². The number of hydrogen-bond acceptors (Lipinski definition) is 2. The molecule has 0 atom stereocenters. The van der Waals surface area contributed by atoms with E-state index in [1.165, 1.54) is 38.5 Å². The van der Waals surface area contributed by atoms with Crippen LogP contribution in [-0.2, 0) is 5.54 Å². The van der Waals surface area contributed by atoms with E-state index in [-0.39, 0.29) is 5.54 Å². The van der Waals surface area contributed by atoms with Crippen molar-refractivity contribution in [2.45, 2.75) is 44.1 Å². The Balaban J connectivity index is 1.57. The van der Waals surface area contributed by atoms with Gasteiger partial charge in [-0.25, -0.2) is 0 Å². The first-order valence-corrected chi connectivity index (χ1v) is 9.84. The van der Waals surface area contributed by atoms with Crippen molar-refractivity contribution in [3.8, 4) is 11.4 Å². The number of halogens is 2. The molecule has 2 aromatic rings. The van der Waals surface area contributed by atoms with E-state index in [2.05, 4.69) is 14.8 Å². The lowest BCUT2D eigenvalue weighted by atomic mass is 9.53. The molecule has 6 heteroatoms. The van der Waals surface area contributed by atoms with Crippen molar-refractivity contribution in [2.24, 2.45) is 17.8 Å². The van der Waals surface area contributed by atoms with Gasteiger partial charge < -0.3 is 0 Å². The van der Waals surface area contributed by atoms with Gasteiger partial charge in [0.05, 0.1) is 15.6 Å². The Morgan fingerprint density at radius 2 is 1.67 bits per heavy atom. The van der Waals surface area contributed by atoms with Crippen molar-refractivity contribution in [1.82, 2.24) is 14.8 Å². The molecule has 1 heterocycles. The standard InChI is InChI=1S/C18H19Cl2N3S/c19-14-2-1-13(6-15(14)20)16-21-17(24)23(22-16)18-7-10-3-11(8-18)5-12(4-10)9-18/h1-2,6,10-12H,3-5,7-9H2,(H,21,22,24). The fourth-order valence-electron chi connectivity index (χ4n) is 5.76. The Morgan fingerprint density at radius 1 is 1.04 bits per heavy atom. The first kappa shape index (κ1) is 15.4. The maximum Gasteiger partial charge on any atom is 0.216 e. The molecule has 4 fully saturated rings. The second-order valence-electron chi connectivity index (χ2n) is 7.96. The predicted octanol–water partition coefficient (Wildman–Crippen LogP) is 5.84. The number of hydrogen-bond donors (Lipinski definition) is 1. The topological polar surface area (TPSA) is 33.6 Å². The lowest BCUT2D eigenvalue weighted by molar-refractivity contribution is -0.0502. The van der Waals surface area contributed by atoms with Crippen molar-refractivity contribution in [3.05, 3.63) is 33.0 Å². The van der Waals surface area contributed by atoms with Crippen LogP contribution < -0.4 is 0 Å². The van der Waals surface area contributed by atoms with Gasteiger partial charge in [-0.05, 0) is 86.7 Å². The van der Waals surface area contributed by atoms with Gasteiger partial charge in [0.2, 0.25) is 4.77 Å². The fourth-order valence-corrected chi connectivity index (χ4v) is 6.39. The molecule has 3 nitrogen and oxygen atoms in total. The zero-order valence-corrected chi connectivity index (χ0v) is 15.6. The second kappa shape index (κ2) is 5.33. The Bertz CT molecular complexity index is 834. The summed E-state index contributed by atoms with van der Waals surface area (Å²) in [4.78, 5) is 4.63. The largest absolute Gasteiger partial charge is 0.279 e. The molecule has 6 rings (SSSR count). The van der Waals surface area contributed by atoms with Crippen LogP contribution in [0.25, 0.3) is 11.4 Å². The highest BCUT2D eigenvalue weighted by Crippen LogP contribution is 2.58. The third kappa shape index (κ3) is 2.30. The number of rotatable bonds is 2. The number of nitrogens with one attached hydrogen (secondary N) is 1. The molecule has 4 bridgehead atoms. The SMILES string of the molecule is S=c1nc(-c2ccc(Cl)c(Cl)c2)[nH]n1C12CC3CC(CC(C3)C1)C2. The van der Waals surface area contributed by atoms with Crippen LogP contribution >= 0.6 is 35.4 Å². The Hall–Kier alpha value is -0.840. The van der Waals surface area contributed by atoms with Crippen molar-refractivity contribution < 1.29 is 0 Å². The second-order valence-corrected chi connectivity index (χ2v) is 9.14. The molecule has 24 heavy (non-hydrogen) atoms. The van der Waals surface area contributed by atoms with Gasteiger partial charge in [0.1, 0.15) is 0 Å². The van der Waals surface area contributed by atoms with Crippen LogP contribution in [0.4, 0.5) is 0 Å². The minimum atomic E-state index is 0.160. The number of H-pyrrole nitrogens is 1. The molecule has 4 aliphatic rings. The normalized spacial score (nSPS) is 34.0. The molecular weight excluding hydrogens is 361 g/mol. The molecular formula is C18H19Cl2N3S. The number of nitrogens with zero attached hydrogens (tertiary/aromatic N) is 2. The van der Waals surface area contributed by atoms with E-state index >= 15 is 0 Å². The summed E-state index contributed by atoms with van der Waals surface area (Å²) in [6.45, 7) is 0. The summed E-state index contributed by atoms with van der Waals surface area (Å²) in [5.74, 6) is 3.40. The molecule has 1 aromatic carbocycles. The summed E-state index contributed by atoms with van der Waals surface area (Å²) in [6, 6.07) is 5.59. The molecule has 126 valence electrons. The molecule has 1 N–H and O–H groups in total. The number of aromatic nitrogens is 3. The van der Waals surface area contributed by atoms with Gasteiger partial charge in [-0.15, -0.1) is 0 Å². The molecule has 0 radical (unpaired) electrons. The minimum absolute atomic E-state index is 0.160. The lowest BCUT2D eigenvalue weighted by Gasteiger charge is -2.56. The van der Waals surface area contributed by atoms with Crippen molar-refractivity contribution in [3.63, 3.8) is 0 Å². The lowest BCUT2D eigenvalue weighted by Crippen LogP contribution is -2.52. The minimum Gasteiger partial charge on any atom is -0.279 e. The van der Waals surface area contributed by atoms with Gasteiger partial charge in [-0.3, -0.25) is 9.78 Å². The van der Waals surface area contributed by atoms with Crippen LogP contribution in [0.2, 0.25) is 10.0 Å². The zero-order valence-electron chi connectivity index (χ0n) is 13.3. The average Bonchev–Trinajstić information content (AvgIpc) is 2.91. The molecule has 0 aliphatic heterocycles. The first-order valence-electron chi connectivity index (χ1n) is 8.67. The summed E-state index contributed by atoms with van der Waals surface area (Å²) >= 11 is 17.8. The highest BCUT2D eigenvalue weighted by atomic mass is 35.5. The number of aromatic amines is 1. The van der Waals surface area contributed by atoms with Crippen LogP contribution in [-0.4, -0.2) is 14.8 Å². The quantitative estimate of drug-likeness (QED) is 0.664. The van der Waals surface area contributed by atoms with Gasteiger partial charge in [0.25, 0.3) is 0 Å². The summed E-state index contributed by atoms with van der Waals surface area (Å²) in [5.41, 5.74) is 1.09. The molecule has 0 unspecified atom stereocenters. The Kier molecular flexibility index (Phi) is 3.42. The van der Waals surface area contributed by atoms with E-state index in [4.69, 9.17) is 35.4 Å². The third-order valence-electron chi connectivity index (χ3n) is 6.29. The van der Waals surface area contributed by atoms with E-state index in [1.807, 2.05) is 12.1 Å². The third-order valence-corrected chi connectivity index (χ3v) is 7.30. The van der Waals surface area contributed by atoms with Crippen molar-refractivity contribution in [2.75, 3.05) is 0 Å². The van der Waals surface area contributed by atoms with Crippen LogP contribution in [0.5, 0.6) is 0 Å². The van der Waals surface area contributed by atoms with Gasteiger partial charge in [0, 0.05) is 5.56 Å². The summed E-state index contributed by atoms with van der Waals surface area (Å²) in [6.07, 6.45) is 7.99. The van der Waals surface area contributed by atoms with Gasteiger partial charge >= 0.3 is 0 Å². The summed E-state index contributed by atoms with van der Waals surface area (Å²) in [7, 11) is 0. The van der Waals surface area contributed by atoms with E-state index < -0.39 is 0 Å². The fraction of sp³-hybridized carbons (Fsp3) is 0.556. The van der Waals surface area contributed by atoms with Gasteiger partial charge in [-0.1, -0.05) is 23.2 Å². The maximum atomic E-state index is 6.16. The smallest absolute Gasteiger partial charge is 0.216 e. The predicted molar refractivity (Wildman–Crippen MR) is 99.0 cm³/mol. The van der Waals surface area contributed by atoms with Crippen molar-refractivity contribution >= 4 is 35.4 Å². The van der Waals surface area contributed by atoms with Crippen LogP contribution in [0.15, 0.2) is 18.2 Å². The monoisotopic (exact) mass is 379 g/mol. The van der Waals surface area contributed by atoms with Gasteiger partial charge in [-0.2, -0.15) is 4.98 Å². The van der Waals surface area contributed by atoms with Crippen LogP contribution in [0.1, 0.15) is 38.5 Å². The van der Waals surface area contributed by atoms with E-state index in [9.17, 15) is 0 Å². The first-order chi connectivity index (χ1) is 11.5. The highest BCUT2D eigenvalue weighted by Gasteiger charge is 2.52. The van der Waals surface area contributed by atoms with Crippen LogP contribution in [0, 0.1) is 22.5 Å². The molecule has 0 saturated heterocycles. The summed E-state index contributed by atoms with van der Waals surface area (Å²) in [5, 5.41) is 4.60. The molecule has 0 spiro atoms. The highest BCUT2D eigenvalue weighted by molar-refractivity contribution is 7.71. The van der Waals surface area contributed by atoms with Gasteiger partial charge in [0.15, 0.2) is 5.82 Å².